The molecule has 1 aliphatic heterocycles. The van der Waals surface area contributed by atoms with E-state index in [1.807, 2.05) is 17.5 Å². The zero-order valence-corrected chi connectivity index (χ0v) is 12.6. The molecule has 3 rings (SSSR count). The van der Waals surface area contributed by atoms with Crippen LogP contribution in [0.4, 0.5) is 0 Å². The number of aliphatic hydroxyl groups is 1. The van der Waals surface area contributed by atoms with Crippen molar-refractivity contribution in [1.29, 1.82) is 0 Å². The summed E-state index contributed by atoms with van der Waals surface area (Å²) in [5.41, 5.74) is 0. The Labute approximate surface area is 127 Å². The first-order valence-corrected chi connectivity index (χ1v) is 8.04. The third-order valence-corrected chi connectivity index (χ3v) is 4.40. The summed E-state index contributed by atoms with van der Waals surface area (Å²) in [4.78, 5) is 7.75. The SMILES string of the molecule is OCCOC1CCN(Cc2noc(-c3cccs3)n2)CC1. The van der Waals surface area contributed by atoms with Crippen molar-refractivity contribution in [3.63, 3.8) is 0 Å². The van der Waals surface area contributed by atoms with Crippen molar-refractivity contribution < 1.29 is 14.4 Å². The molecule has 7 heteroatoms. The topological polar surface area (TPSA) is 71.6 Å². The van der Waals surface area contributed by atoms with Gasteiger partial charge in [0.1, 0.15) is 0 Å². The number of aliphatic hydroxyl groups excluding tert-OH is 1. The molecule has 0 bridgehead atoms. The van der Waals surface area contributed by atoms with E-state index >= 15 is 0 Å². The van der Waals surface area contributed by atoms with Gasteiger partial charge in [0.25, 0.3) is 5.89 Å². The van der Waals surface area contributed by atoms with Crippen molar-refractivity contribution in [3.05, 3.63) is 23.3 Å². The van der Waals surface area contributed by atoms with Gasteiger partial charge in [-0.2, -0.15) is 4.98 Å². The molecule has 0 amide bonds. The van der Waals surface area contributed by atoms with Crippen LogP contribution in [-0.4, -0.2) is 52.6 Å². The quantitative estimate of drug-likeness (QED) is 0.877. The van der Waals surface area contributed by atoms with E-state index in [0.717, 1.165) is 36.6 Å². The Kier molecular flexibility index (Phi) is 4.97. The maximum Gasteiger partial charge on any atom is 0.268 e. The molecule has 0 radical (unpaired) electrons. The average Bonchev–Trinajstić information content (AvgIpc) is 3.17. The second-order valence-electron chi connectivity index (χ2n) is 5.06. The minimum Gasteiger partial charge on any atom is -0.394 e. The summed E-state index contributed by atoms with van der Waals surface area (Å²) in [5.74, 6) is 1.33. The fourth-order valence-electron chi connectivity index (χ4n) is 2.47. The molecular weight excluding hydrogens is 290 g/mol. The van der Waals surface area contributed by atoms with Gasteiger partial charge in [-0.3, -0.25) is 4.90 Å². The molecule has 0 aromatic carbocycles. The van der Waals surface area contributed by atoms with Crippen LogP contribution in [0.25, 0.3) is 10.8 Å². The highest BCUT2D eigenvalue weighted by Gasteiger charge is 2.21. The Morgan fingerprint density at radius 1 is 1.43 bits per heavy atom. The predicted molar refractivity (Wildman–Crippen MR) is 78.9 cm³/mol. The molecule has 1 aliphatic rings. The fourth-order valence-corrected chi connectivity index (χ4v) is 3.12. The first kappa shape index (κ1) is 14.6. The lowest BCUT2D eigenvalue weighted by Gasteiger charge is -2.30. The molecule has 3 heterocycles. The number of hydrogen-bond acceptors (Lipinski definition) is 7. The number of thiophene rings is 1. The van der Waals surface area contributed by atoms with Crippen molar-refractivity contribution in [2.75, 3.05) is 26.3 Å². The maximum atomic E-state index is 8.76. The van der Waals surface area contributed by atoms with E-state index in [1.165, 1.54) is 0 Å². The first-order valence-electron chi connectivity index (χ1n) is 7.16. The van der Waals surface area contributed by atoms with Crippen LogP contribution in [0.15, 0.2) is 22.0 Å². The van der Waals surface area contributed by atoms with E-state index in [-0.39, 0.29) is 12.7 Å². The van der Waals surface area contributed by atoms with E-state index in [9.17, 15) is 0 Å². The standard InChI is InChI=1S/C14H19N3O3S/c18-7-8-19-11-3-5-17(6-4-11)10-13-15-14(20-16-13)12-2-1-9-21-12/h1-2,9,11,18H,3-8,10H2. The zero-order chi connectivity index (χ0) is 14.5. The largest absolute Gasteiger partial charge is 0.394 e. The number of rotatable bonds is 6. The molecule has 114 valence electrons. The Morgan fingerprint density at radius 2 is 2.29 bits per heavy atom. The Bertz CT molecular complexity index is 535. The van der Waals surface area contributed by atoms with Crippen LogP contribution >= 0.6 is 11.3 Å². The van der Waals surface area contributed by atoms with Gasteiger partial charge < -0.3 is 14.4 Å². The van der Waals surface area contributed by atoms with Crippen molar-refractivity contribution in [2.45, 2.75) is 25.5 Å². The minimum atomic E-state index is 0.0918. The van der Waals surface area contributed by atoms with Crippen LogP contribution in [0, 0.1) is 0 Å². The van der Waals surface area contributed by atoms with Crippen molar-refractivity contribution >= 4 is 11.3 Å². The van der Waals surface area contributed by atoms with E-state index in [1.54, 1.807) is 11.3 Å². The highest BCUT2D eigenvalue weighted by molar-refractivity contribution is 7.13. The van der Waals surface area contributed by atoms with Crippen molar-refractivity contribution in [1.82, 2.24) is 15.0 Å². The summed E-state index contributed by atoms with van der Waals surface area (Å²) in [6.45, 7) is 3.15. The van der Waals surface area contributed by atoms with Gasteiger partial charge in [-0.25, -0.2) is 0 Å². The smallest absolute Gasteiger partial charge is 0.268 e. The second kappa shape index (κ2) is 7.13. The summed E-state index contributed by atoms with van der Waals surface area (Å²) >= 11 is 1.60. The van der Waals surface area contributed by atoms with Crippen LogP contribution in [0.1, 0.15) is 18.7 Å². The number of aromatic nitrogens is 2. The van der Waals surface area contributed by atoms with Crippen LogP contribution in [0.3, 0.4) is 0 Å². The van der Waals surface area contributed by atoms with Crippen LogP contribution < -0.4 is 0 Å². The minimum absolute atomic E-state index is 0.0918. The summed E-state index contributed by atoms with van der Waals surface area (Å²) in [6, 6.07) is 3.95. The highest BCUT2D eigenvalue weighted by atomic mass is 32.1. The lowest BCUT2D eigenvalue weighted by Crippen LogP contribution is -2.37. The van der Waals surface area contributed by atoms with E-state index in [2.05, 4.69) is 15.0 Å². The summed E-state index contributed by atoms with van der Waals surface area (Å²) in [5, 5.41) is 14.8. The molecule has 0 atom stereocenters. The molecule has 1 N–H and O–H groups in total. The summed E-state index contributed by atoms with van der Waals surface area (Å²) in [6.07, 6.45) is 2.23. The van der Waals surface area contributed by atoms with E-state index in [4.69, 9.17) is 14.4 Å². The molecule has 2 aromatic heterocycles. The molecule has 1 fully saturated rings. The monoisotopic (exact) mass is 309 g/mol. The van der Waals surface area contributed by atoms with Crippen molar-refractivity contribution in [3.8, 4) is 10.8 Å². The molecule has 0 aliphatic carbocycles. The van der Waals surface area contributed by atoms with E-state index < -0.39 is 0 Å². The highest BCUT2D eigenvalue weighted by Crippen LogP contribution is 2.23. The zero-order valence-electron chi connectivity index (χ0n) is 11.8. The van der Waals surface area contributed by atoms with Gasteiger partial charge >= 0.3 is 0 Å². The molecule has 0 saturated carbocycles. The summed E-state index contributed by atoms with van der Waals surface area (Å²) in [7, 11) is 0. The second-order valence-corrected chi connectivity index (χ2v) is 6.01. The fraction of sp³-hybridized carbons (Fsp3) is 0.571. The first-order chi connectivity index (χ1) is 10.3. The van der Waals surface area contributed by atoms with Gasteiger partial charge in [0.2, 0.25) is 0 Å². The third kappa shape index (κ3) is 3.88. The number of ether oxygens (including phenoxy) is 1. The molecular formula is C14H19N3O3S. The molecule has 21 heavy (non-hydrogen) atoms. The van der Waals surface area contributed by atoms with Gasteiger partial charge in [0.15, 0.2) is 5.82 Å². The van der Waals surface area contributed by atoms with Crippen LogP contribution in [0.5, 0.6) is 0 Å². The lowest BCUT2D eigenvalue weighted by molar-refractivity contribution is -0.00946. The molecule has 0 unspecified atom stereocenters. The van der Waals surface area contributed by atoms with Gasteiger partial charge in [-0.15, -0.1) is 11.3 Å². The van der Waals surface area contributed by atoms with Gasteiger partial charge in [0, 0.05) is 13.1 Å². The van der Waals surface area contributed by atoms with Gasteiger partial charge in [-0.1, -0.05) is 11.2 Å². The van der Waals surface area contributed by atoms with Crippen LogP contribution in [0.2, 0.25) is 0 Å². The number of hydrogen-bond donors (Lipinski definition) is 1. The molecule has 6 nitrogen and oxygen atoms in total. The molecule has 2 aromatic rings. The van der Waals surface area contributed by atoms with Crippen LogP contribution in [-0.2, 0) is 11.3 Å². The Balaban J connectivity index is 1.49. The number of likely N-dealkylation sites (tertiary alicyclic amines) is 1. The van der Waals surface area contributed by atoms with Gasteiger partial charge in [-0.05, 0) is 24.3 Å². The normalized spacial score (nSPS) is 17.4. The van der Waals surface area contributed by atoms with Gasteiger partial charge in [0.05, 0.1) is 30.7 Å². The molecule has 0 spiro atoms. The predicted octanol–water partition coefficient (Wildman–Crippen LogP) is 1.77. The molecule has 1 saturated heterocycles. The third-order valence-electron chi connectivity index (χ3n) is 3.54. The maximum absolute atomic E-state index is 8.76. The number of piperidine rings is 1. The van der Waals surface area contributed by atoms with E-state index in [0.29, 0.717) is 19.0 Å². The lowest BCUT2D eigenvalue weighted by atomic mass is 10.1. The van der Waals surface area contributed by atoms with Crippen molar-refractivity contribution in [2.24, 2.45) is 0 Å². The summed E-state index contributed by atoms with van der Waals surface area (Å²) < 4.78 is 10.9. The number of nitrogens with zero attached hydrogens (tertiary/aromatic N) is 3. The Morgan fingerprint density at radius 3 is 3.00 bits per heavy atom. The Hall–Kier alpha value is -1.28. The average molecular weight is 309 g/mol.